The molecule has 0 saturated carbocycles. The number of fused-ring (bicyclic) bond motifs is 2. The van der Waals surface area contributed by atoms with Gasteiger partial charge in [0.2, 0.25) is 0 Å². The van der Waals surface area contributed by atoms with Gasteiger partial charge in [-0.25, -0.2) is 4.79 Å². The first kappa shape index (κ1) is 63.6. The molecule has 6 heterocycles. The molecule has 0 aromatic heterocycles. The molecule has 0 bridgehead atoms. The van der Waals surface area contributed by atoms with Crippen LogP contribution in [0, 0.1) is 20.9 Å². The maximum absolute atomic E-state index is 13.3. The number of aryl methyl sites for hydroxylation is 2. The van der Waals surface area contributed by atoms with Crippen molar-refractivity contribution in [2.45, 2.75) is 97.7 Å². The molecule has 0 aliphatic carbocycles. The molecule has 6 aliphatic heterocycles. The number of hydrogen-bond acceptors (Lipinski definition) is 9. The first-order chi connectivity index (χ1) is 38.6. The van der Waals surface area contributed by atoms with Crippen LogP contribution >= 0.6 is 11.6 Å². The molecular weight excluding hydrogens is 1070 g/mol. The molecule has 6 aromatic carbocycles. The van der Waals surface area contributed by atoms with Crippen LogP contribution < -0.4 is 62.4 Å². The molecule has 12 rings (SSSR count). The van der Waals surface area contributed by atoms with Crippen molar-refractivity contribution < 1.29 is 79.0 Å². The van der Waals surface area contributed by atoms with Crippen LogP contribution in [-0.4, -0.2) is 108 Å². The molecule has 4 saturated heterocycles. The van der Waals surface area contributed by atoms with Crippen LogP contribution in [0.15, 0.2) is 131 Å². The van der Waals surface area contributed by atoms with Crippen molar-refractivity contribution in [3.05, 3.63) is 195 Å². The summed E-state index contributed by atoms with van der Waals surface area (Å²) in [6.45, 7) is 16.9. The molecule has 81 heavy (non-hydrogen) atoms. The number of carbonyl (C=O) groups is 2. The Labute approximate surface area is 524 Å². The summed E-state index contributed by atoms with van der Waals surface area (Å²) in [4.78, 5) is 43.7. The van der Waals surface area contributed by atoms with Crippen molar-refractivity contribution >= 4 is 65.2 Å². The standard InChI is InChI=1S/C32H36N4O.C16H12ClNO2.C11H16N2.C5H10N.BF3.K/c1-23-9-10-25(22-36-17-4-5-18-36)19-29(23)30-20-26-7-6-8-28(31(26)34-30)32(37)33-27-13-11-24(12-14-27)21-35-15-2-3-16-35;1-9-5-6-11(17)8-13(9)14-7-10-3-2-4-12(16(19)20)15(10)18-14;12-11-5-3-10(4-6-11)9-13-7-1-2-8-13;1-6-4-2-3-5-6;2-1(3)4;/h6-14,19H,2-5,15-18,20-22H2,1H3,(H,33,37);2-6,8H,7H2,1H3,(H,19,20);3-6H,1-2,7-9,12H2;1-5H2;;/q;;;-1;;+1. The SMILES string of the molecule is Cc1ccc(CN2CCCC2)cc1C1=Nc2c(cccc2C(=O)Nc2ccc(CN3CCCC3)cc2)C1.Cc1ccc(Cl)cc1C1=Nc2c(cccc2C(=O)O)C1.FB(F)F.Nc1ccc(CN2CCCC2)cc1.[CH2-]N1CCCC1.[K+]. The molecule has 11 nitrogen and oxygen atoms in total. The van der Waals surface area contributed by atoms with Gasteiger partial charge in [0, 0.05) is 54.4 Å². The number of nitrogens with one attached hydrogen (secondary N) is 1. The molecule has 420 valence electrons. The monoisotopic (exact) mass is 1140 g/mol. The van der Waals surface area contributed by atoms with Gasteiger partial charge in [0.25, 0.3) is 5.91 Å². The molecule has 6 aliphatic rings. The molecule has 0 unspecified atom stereocenters. The fourth-order valence-corrected chi connectivity index (χ4v) is 11.2. The van der Waals surface area contributed by atoms with Gasteiger partial charge in [-0.1, -0.05) is 78.3 Å². The Hall–Kier alpha value is -4.98. The molecule has 6 aromatic rings. The smallest absolute Gasteiger partial charge is 0.478 e. The predicted molar refractivity (Wildman–Crippen MR) is 321 cm³/mol. The number of para-hydroxylation sites is 2. The number of rotatable bonds is 11. The number of carboxylic acid groups (broad SMARTS) is 1. The van der Waals surface area contributed by atoms with E-state index in [1.54, 1.807) is 12.1 Å². The van der Waals surface area contributed by atoms with Gasteiger partial charge in [0.05, 0.1) is 33.9 Å². The molecule has 17 heteroatoms. The molecule has 0 spiro atoms. The number of amides is 1. The largest absolute Gasteiger partial charge is 1.00 e. The fraction of sp³-hybridized carbons (Fsp3) is 0.359. The Morgan fingerprint density at radius 2 is 1.00 bits per heavy atom. The number of aromatic carboxylic acids is 1. The van der Waals surface area contributed by atoms with Gasteiger partial charge < -0.3 is 21.1 Å². The van der Waals surface area contributed by atoms with Gasteiger partial charge in [0.1, 0.15) is 0 Å². The third-order valence-corrected chi connectivity index (χ3v) is 15.5. The molecule has 0 atom stereocenters. The minimum atomic E-state index is -3.67. The summed E-state index contributed by atoms with van der Waals surface area (Å²) < 4.78 is 29.0. The third kappa shape index (κ3) is 19.0. The van der Waals surface area contributed by atoms with E-state index in [2.05, 4.69) is 92.4 Å². The first-order valence-corrected chi connectivity index (χ1v) is 28.4. The zero-order chi connectivity index (χ0) is 56.5. The third-order valence-electron chi connectivity index (χ3n) is 15.3. The van der Waals surface area contributed by atoms with Gasteiger partial charge in [-0.15, -0.1) is 0 Å². The van der Waals surface area contributed by atoms with E-state index in [0.29, 0.717) is 22.7 Å². The Balaban J connectivity index is 0.000000178. The zero-order valence-corrected chi connectivity index (χ0v) is 51.1. The maximum Gasteiger partial charge on any atom is 1.00 e. The van der Waals surface area contributed by atoms with Crippen molar-refractivity contribution in [3.63, 3.8) is 0 Å². The van der Waals surface area contributed by atoms with Crippen LogP contribution in [0.25, 0.3) is 0 Å². The minimum absolute atomic E-state index is 0. The number of aliphatic imine (C=N–C) groups is 2. The molecule has 4 fully saturated rings. The summed E-state index contributed by atoms with van der Waals surface area (Å²) in [5.74, 6) is -1.05. The summed E-state index contributed by atoms with van der Waals surface area (Å²) in [5, 5.41) is 13.0. The average molecular weight is 1150 g/mol. The van der Waals surface area contributed by atoms with Crippen LogP contribution in [0.5, 0.6) is 0 Å². The van der Waals surface area contributed by atoms with Gasteiger partial charge in [-0.3, -0.25) is 49.5 Å². The van der Waals surface area contributed by atoms with Gasteiger partial charge >= 0.3 is 64.9 Å². The quantitative estimate of drug-likeness (QED) is 0.0664. The number of nitrogens with zero attached hydrogens (tertiary/aromatic N) is 6. The van der Waals surface area contributed by atoms with E-state index >= 15 is 0 Å². The fourth-order valence-electron chi connectivity index (χ4n) is 11.0. The minimum Gasteiger partial charge on any atom is -0.478 e. The summed E-state index contributed by atoms with van der Waals surface area (Å²) in [6, 6.07) is 40.1. The van der Waals surface area contributed by atoms with E-state index < -0.39 is 13.5 Å². The Bertz CT molecular complexity index is 3100. The summed E-state index contributed by atoms with van der Waals surface area (Å²) in [7, 11) is 0.104. The number of anilines is 2. The average Bonchev–Trinajstić information content (AvgIpc) is 4.34. The second-order valence-corrected chi connectivity index (χ2v) is 21.9. The number of carbonyl (C=O) groups excluding carboxylic acids is 1. The zero-order valence-electron chi connectivity index (χ0n) is 47.2. The van der Waals surface area contributed by atoms with Gasteiger partial charge in [-0.05, 0) is 217 Å². The van der Waals surface area contributed by atoms with E-state index in [1.807, 2.05) is 67.6 Å². The molecule has 0 radical (unpaired) electrons. The van der Waals surface area contributed by atoms with Crippen molar-refractivity contribution in [1.29, 1.82) is 0 Å². The molecule has 4 N–H and O–H groups in total. The summed E-state index contributed by atoms with van der Waals surface area (Å²) in [5.41, 5.74) is 22.0. The van der Waals surface area contributed by atoms with E-state index in [1.165, 1.54) is 132 Å². The second kappa shape index (κ2) is 31.6. The van der Waals surface area contributed by atoms with Crippen molar-refractivity contribution in [2.24, 2.45) is 9.98 Å². The van der Waals surface area contributed by atoms with Crippen LogP contribution in [0.1, 0.15) is 122 Å². The number of likely N-dealkylation sites (tertiary alicyclic amines) is 4. The van der Waals surface area contributed by atoms with E-state index in [-0.39, 0.29) is 62.9 Å². The predicted octanol–water partition coefficient (Wildman–Crippen LogP) is 10.8. The number of hydrogen-bond donors (Lipinski definition) is 3. The van der Waals surface area contributed by atoms with Gasteiger partial charge in [-0.2, -0.15) is 0 Å². The maximum atomic E-state index is 13.3. The Morgan fingerprint density at radius 3 is 1.47 bits per heavy atom. The summed E-state index contributed by atoms with van der Waals surface area (Å²) >= 11 is 6.04. The van der Waals surface area contributed by atoms with Crippen LogP contribution in [0.4, 0.5) is 35.7 Å². The van der Waals surface area contributed by atoms with E-state index in [9.17, 15) is 27.6 Å². The van der Waals surface area contributed by atoms with E-state index in [4.69, 9.17) is 22.3 Å². The van der Waals surface area contributed by atoms with Crippen molar-refractivity contribution in [1.82, 2.24) is 19.6 Å². The molecule has 1 amide bonds. The van der Waals surface area contributed by atoms with Gasteiger partial charge in [0.15, 0.2) is 0 Å². The van der Waals surface area contributed by atoms with Crippen molar-refractivity contribution in [2.75, 3.05) is 63.4 Å². The molecular formula is C64H74BClF3KN8O3. The number of carboxylic acids is 1. The Kier molecular flexibility index (Phi) is 24.8. The van der Waals surface area contributed by atoms with Crippen molar-refractivity contribution in [3.8, 4) is 0 Å². The number of halogens is 4. The number of benzene rings is 6. The van der Waals surface area contributed by atoms with Crippen LogP contribution in [-0.2, 0) is 32.5 Å². The first-order valence-electron chi connectivity index (χ1n) is 28.0. The van der Waals surface area contributed by atoms with Crippen LogP contribution in [0.3, 0.4) is 0 Å². The normalized spacial score (nSPS) is 16.4. The summed E-state index contributed by atoms with van der Waals surface area (Å²) in [6.07, 6.45) is 12.0. The topological polar surface area (TPSA) is 130 Å². The number of nitrogens with two attached hydrogens (primary N) is 1. The van der Waals surface area contributed by atoms with Crippen LogP contribution in [0.2, 0.25) is 5.02 Å². The number of nitrogen functional groups attached to an aromatic ring is 1. The van der Waals surface area contributed by atoms with E-state index in [0.717, 1.165) is 76.8 Å². The Morgan fingerprint density at radius 1 is 0.593 bits per heavy atom. The second-order valence-electron chi connectivity index (χ2n) is 21.4.